The molecule has 3 aromatic carbocycles. The Hall–Kier alpha value is -4.23. The van der Waals surface area contributed by atoms with E-state index >= 15 is 0 Å². The zero-order valence-electron chi connectivity index (χ0n) is 18.4. The van der Waals surface area contributed by atoms with Crippen LogP contribution in [0.5, 0.6) is 11.5 Å². The van der Waals surface area contributed by atoms with Crippen LogP contribution in [0.3, 0.4) is 0 Å². The van der Waals surface area contributed by atoms with Gasteiger partial charge < -0.3 is 14.8 Å². The van der Waals surface area contributed by atoms with Gasteiger partial charge in [-0.3, -0.25) is 4.79 Å². The Morgan fingerprint density at radius 3 is 2.56 bits per heavy atom. The SMILES string of the molecule is COc1ccc(-c2nc3cccnc3s2)cc1NC(=O)c1ccc(OCc2ccccc2)cc1. The summed E-state index contributed by atoms with van der Waals surface area (Å²) in [6.45, 7) is 0.470. The molecule has 34 heavy (non-hydrogen) atoms. The number of rotatable bonds is 7. The largest absolute Gasteiger partial charge is 0.495 e. The number of amides is 1. The van der Waals surface area contributed by atoms with Crippen molar-refractivity contribution in [3.05, 3.63) is 102 Å². The van der Waals surface area contributed by atoms with Crippen molar-refractivity contribution in [2.24, 2.45) is 0 Å². The van der Waals surface area contributed by atoms with Crippen molar-refractivity contribution >= 4 is 33.3 Å². The highest BCUT2D eigenvalue weighted by atomic mass is 32.1. The van der Waals surface area contributed by atoms with Gasteiger partial charge in [0, 0.05) is 17.3 Å². The smallest absolute Gasteiger partial charge is 0.255 e. The molecule has 0 fully saturated rings. The maximum absolute atomic E-state index is 12.9. The summed E-state index contributed by atoms with van der Waals surface area (Å²) in [6.07, 6.45) is 1.75. The van der Waals surface area contributed by atoms with E-state index in [0.717, 1.165) is 26.5 Å². The van der Waals surface area contributed by atoms with Gasteiger partial charge in [0.25, 0.3) is 5.91 Å². The van der Waals surface area contributed by atoms with Crippen molar-refractivity contribution in [1.29, 1.82) is 0 Å². The monoisotopic (exact) mass is 467 g/mol. The summed E-state index contributed by atoms with van der Waals surface area (Å²) >= 11 is 1.50. The van der Waals surface area contributed by atoms with Crippen molar-refractivity contribution in [3.63, 3.8) is 0 Å². The van der Waals surface area contributed by atoms with Crippen LogP contribution < -0.4 is 14.8 Å². The first-order valence-corrected chi connectivity index (χ1v) is 11.5. The van der Waals surface area contributed by atoms with Crippen LogP contribution in [0.2, 0.25) is 0 Å². The number of carbonyl (C=O) groups is 1. The Morgan fingerprint density at radius 1 is 0.971 bits per heavy atom. The molecule has 7 heteroatoms. The van der Waals surface area contributed by atoms with Gasteiger partial charge in [-0.25, -0.2) is 9.97 Å². The van der Waals surface area contributed by atoms with Gasteiger partial charge in [-0.2, -0.15) is 0 Å². The molecule has 2 heterocycles. The van der Waals surface area contributed by atoms with E-state index in [1.807, 2.05) is 60.7 Å². The minimum Gasteiger partial charge on any atom is -0.495 e. The molecule has 0 unspecified atom stereocenters. The first-order chi connectivity index (χ1) is 16.7. The maximum atomic E-state index is 12.9. The molecule has 0 radical (unpaired) electrons. The topological polar surface area (TPSA) is 73.3 Å². The molecule has 1 amide bonds. The molecule has 5 aromatic rings. The van der Waals surface area contributed by atoms with Crippen LogP contribution in [0.25, 0.3) is 20.9 Å². The van der Waals surface area contributed by atoms with Crippen LogP contribution in [0, 0.1) is 0 Å². The number of nitrogens with one attached hydrogen (secondary N) is 1. The van der Waals surface area contributed by atoms with Crippen LogP contribution in [-0.4, -0.2) is 23.0 Å². The second-order valence-corrected chi connectivity index (χ2v) is 8.49. The number of hydrogen-bond donors (Lipinski definition) is 1. The summed E-state index contributed by atoms with van der Waals surface area (Å²) in [7, 11) is 1.57. The van der Waals surface area contributed by atoms with E-state index in [0.29, 0.717) is 29.4 Å². The summed E-state index contributed by atoms with van der Waals surface area (Å²) in [4.78, 5) is 22.8. The predicted octanol–water partition coefficient (Wildman–Crippen LogP) is 6.20. The van der Waals surface area contributed by atoms with E-state index < -0.39 is 0 Å². The molecule has 0 saturated heterocycles. The fourth-order valence-corrected chi connectivity index (χ4v) is 4.37. The van der Waals surface area contributed by atoms with Gasteiger partial charge in [0.15, 0.2) is 0 Å². The third-order valence-corrected chi connectivity index (χ3v) is 6.25. The van der Waals surface area contributed by atoms with E-state index in [1.165, 1.54) is 11.3 Å². The minimum absolute atomic E-state index is 0.240. The Bertz CT molecular complexity index is 1400. The van der Waals surface area contributed by atoms with E-state index in [9.17, 15) is 4.79 Å². The van der Waals surface area contributed by atoms with Gasteiger partial charge in [0.05, 0.1) is 12.8 Å². The molecule has 2 aromatic heterocycles. The van der Waals surface area contributed by atoms with Crippen molar-refractivity contribution in [2.45, 2.75) is 6.61 Å². The van der Waals surface area contributed by atoms with Crippen LogP contribution in [0.1, 0.15) is 15.9 Å². The molecule has 0 atom stereocenters. The van der Waals surface area contributed by atoms with Gasteiger partial charge in [-0.1, -0.05) is 41.7 Å². The second-order valence-electron chi connectivity index (χ2n) is 7.51. The molecular weight excluding hydrogens is 446 g/mol. The summed E-state index contributed by atoms with van der Waals surface area (Å²) < 4.78 is 11.3. The van der Waals surface area contributed by atoms with Gasteiger partial charge in [-0.15, -0.1) is 0 Å². The number of fused-ring (bicyclic) bond motifs is 1. The number of thiazole rings is 1. The van der Waals surface area contributed by atoms with E-state index in [2.05, 4.69) is 15.3 Å². The molecule has 5 rings (SSSR count). The highest BCUT2D eigenvalue weighted by Gasteiger charge is 2.14. The molecular formula is C27H21N3O3S. The lowest BCUT2D eigenvalue weighted by atomic mass is 10.1. The van der Waals surface area contributed by atoms with E-state index in [4.69, 9.17) is 9.47 Å². The lowest BCUT2D eigenvalue weighted by Gasteiger charge is -2.12. The molecule has 168 valence electrons. The van der Waals surface area contributed by atoms with E-state index in [1.54, 1.807) is 37.6 Å². The lowest BCUT2D eigenvalue weighted by molar-refractivity contribution is 0.102. The molecule has 0 aliphatic rings. The zero-order chi connectivity index (χ0) is 23.3. The minimum atomic E-state index is -0.240. The quantitative estimate of drug-likeness (QED) is 0.309. The van der Waals surface area contributed by atoms with Crippen molar-refractivity contribution in [3.8, 4) is 22.1 Å². The molecule has 0 aliphatic carbocycles. The number of hydrogen-bond acceptors (Lipinski definition) is 6. The number of nitrogens with zero attached hydrogens (tertiary/aromatic N) is 2. The normalized spacial score (nSPS) is 10.7. The summed E-state index contributed by atoms with van der Waals surface area (Å²) in [5.74, 6) is 1.03. The molecule has 0 bridgehead atoms. The third-order valence-electron chi connectivity index (χ3n) is 5.23. The second kappa shape index (κ2) is 9.72. The Kier molecular flexibility index (Phi) is 6.18. The molecule has 6 nitrogen and oxygen atoms in total. The Balaban J connectivity index is 1.32. The number of carbonyl (C=O) groups excluding carboxylic acids is 1. The lowest BCUT2D eigenvalue weighted by Crippen LogP contribution is -2.12. The number of ether oxygens (including phenoxy) is 2. The molecule has 0 aliphatic heterocycles. The Labute approximate surface area is 200 Å². The number of aromatic nitrogens is 2. The Morgan fingerprint density at radius 2 is 1.79 bits per heavy atom. The average molecular weight is 468 g/mol. The molecule has 0 spiro atoms. The van der Waals surface area contributed by atoms with Gasteiger partial charge in [0.2, 0.25) is 0 Å². The van der Waals surface area contributed by atoms with Crippen LogP contribution >= 0.6 is 11.3 Å². The fourth-order valence-electron chi connectivity index (χ4n) is 3.47. The fraction of sp³-hybridized carbons (Fsp3) is 0.0741. The molecule has 1 N–H and O–H groups in total. The van der Waals surface area contributed by atoms with Crippen LogP contribution in [0.4, 0.5) is 5.69 Å². The summed E-state index contributed by atoms with van der Waals surface area (Å²) in [5, 5.41) is 3.78. The highest BCUT2D eigenvalue weighted by Crippen LogP contribution is 2.34. The molecule has 0 saturated carbocycles. The first-order valence-electron chi connectivity index (χ1n) is 10.7. The van der Waals surface area contributed by atoms with Crippen molar-refractivity contribution < 1.29 is 14.3 Å². The van der Waals surface area contributed by atoms with Gasteiger partial charge in [0.1, 0.15) is 33.5 Å². The standard InChI is InChI=1S/C27H21N3O3S/c1-32-24-14-11-20(26-30-22-8-5-15-28-27(22)34-26)16-23(24)29-25(31)19-9-12-21(13-10-19)33-17-18-6-3-2-4-7-18/h2-16H,17H2,1H3,(H,29,31). The van der Waals surface area contributed by atoms with Gasteiger partial charge in [-0.05, 0) is 60.2 Å². The number of methoxy groups -OCH3 is 1. The van der Waals surface area contributed by atoms with Crippen molar-refractivity contribution in [1.82, 2.24) is 9.97 Å². The predicted molar refractivity (Wildman–Crippen MR) is 135 cm³/mol. The highest BCUT2D eigenvalue weighted by molar-refractivity contribution is 7.21. The first kappa shape index (κ1) is 21.6. The van der Waals surface area contributed by atoms with Crippen molar-refractivity contribution in [2.75, 3.05) is 12.4 Å². The average Bonchev–Trinajstić information content (AvgIpc) is 3.33. The zero-order valence-corrected chi connectivity index (χ0v) is 19.2. The number of benzene rings is 3. The van der Waals surface area contributed by atoms with Crippen LogP contribution in [0.15, 0.2) is 91.1 Å². The summed E-state index contributed by atoms with van der Waals surface area (Å²) in [6, 6.07) is 26.4. The van der Waals surface area contributed by atoms with Crippen LogP contribution in [-0.2, 0) is 6.61 Å². The van der Waals surface area contributed by atoms with E-state index in [-0.39, 0.29) is 5.91 Å². The number of anilines is 1. The third kappa shape index (κ3) is 4.74. The number of pyridine rings is 1. The van der Waals surface area contributed by atoms with Gasteiger partial charge >= 0.3 is 0 Å². The summed E-state index contributed by atoms with van der Waals surface area (Å²) in [5.41, 5.74) is 3.90. The maximum Gasteiger partial charge on any atom is 0.255 e.